The van der Waals surface area contributed by atoms with Crippen molar-refractivity contribution in [2.24, 2.45) is 5.73 Å². The number of benzene rings is 1. The van der Waals surface area contributed by atoms with Crippen molar-refractivity contribution < 1.29 is 10.0 Å². The summed E-state index contributed by atoms with van der Waals surface area (Å²) in [5.74, 6) is -0.625. The molecule has 2 rings (SSSR count). The van der Waals surface area contributed by atoms with Gasteiger partial charge in [-0.15, -0.1) is 0 Å². The van der Waals surface area contributed by atoms with E-state index < -0.39 is 11.9 Å². The van der Waals surface area contributed by atoms with Crippen LogP contribution in [0.4, 0.5) is 0 Å². The molecule has 1 atom stereocenters. The molecule has 2 aromatic rings. The van der Waals surface area contributed by atoms with Crippen LogP contribution in [-0.4, -0.2) is 16.1 Å². The maximum absolute atomic E-state index is 11.2. The van der Waals surface area contributed by atoms with Crippen LogP contribution < -0.4 is 11.2 Å². The molecule has 0 radical (unpaired) electrons. The van der Waals surface area contributed by atoms with Gasteiger partial charge in [-0.25, -0.2) is 5.48 Å². The summed E-state index contributed by atoms with van der Waals surface area (Å²) in [7, 11) is 0. The highest BCUT2D eigenvalue weighted by Gasteiger charge is 2.18. The van der Waals surface area contributed by atoms with Crippen LogP contribution in [0.3, 0.4) is 0 Å². The predicted molar refractivity (Wildman–Crippen MR) is 55.2 cm³/mol. The molecule has 0 bridgehead atoms. The molecule has 1 aromatic carbocycles. The van der Waals surface area contributed by atoms with E-state index in [9.17, 15) is 4.79 Å². The summed E-state index contributed by atoms with van der Waals surface area (Å²) < 4.78 is 0. The quantitative estimate of drug-likeness (QED) is 0.429. The smallest absolute Gasteiger partial charge is 0.264 e. The number of rotatable bonds is 2. The number of hydrogen-bond acceptors (Lipinski definition) is 3. The third-order valence-corrected chi connectivity index (χ3v) is 2.35. The number of nitrogens with two attached hydrogens (primary N) is 1. The summed E-state index contributed by atoms with van der Waals surface area (Å²) in [4.78, 5) is 14.2. The minimum Gasteiger partial charge on any atom is -0.361 e. The van der Waals surface area contributed by atoms with Gasteiger partial charge in [0.15, 0.2) is 0 Å². The zero-order valence-corrected chi connectivity index (χ0v) is 7.90. The first kappa shape index (κ1) is 9.70. The second-order valence-corrected chi connectivity index (χ2v) is 3.24. The Balaban J connectivity index is 2.48. The van der Waals surface area contributed by atoms with E-state index in [1.807, 2.05) is 24.3 Å². The molecule has 5 N–H and O–H groups in total. The second-order valence-electron chi connectivity index (χ2n) is 3.24. The van der Waals surface area contributed by atoms with Crippen LogP contribution in [0.15, 0.2) is 30.5 Å². The highest BCUT2D eigenvalue weighted by Crippen LogP contribution is 2.22. The van der Waals surface area contributed by atoms with Crippen molar-refractivity contribution >= 4 is 16.8 Å². The number of carbonyl (C=O) groups excluding carboxylic acids is 1. The van der Waals surface area contributed by atoms with Crippen molar-refractivity contribution in [2.45, 2.75) is 6.04 Å². The summed E-state index contributed by atoms with van der Waals surface area (Å²) in [5.41, 5.74) is 8.78. The number of hydroxylamine groups is 1. The molecule has 0 saturated heterocycles. The first-order valence-corrected chi connectivity index (χ1v) is 4.49. The molecule has 0 fully saturated rings. The van der Waals surface area contributed by atoms with E-state index in [1.165, 1.54) is 5.48 Å². The van der Waals surface area contributed by atoms with Crippen LogP contribution in [0, 0.1) is 0 Å². The Morgan fingerprint density at radius 3 is 2.93 bits per heavy atom. The van der Waals surface area contributed by atoms with E-state index in [1.54, 1.807) is 6.20 Å². The van der Waals surface area contributed by atoms with E-state index in [-0.39, 0.29) is 0 Å². The van der Waals surface area contributed by atoms with Crippen molar-refractivity contribution in [3.05, 3.63) is 36.0 Å². The number of hydrogen-bond donors (Lipinski definition) is 4. The van der Waals surface area contributed by atoms with Crippen molar-refractivity contribution in [3.63, 3.8) is 0 Å². The molecule has 0 unspecified atom stereocenters. The van der Waals surface area contributed by atoms with E-state index in [4.69, 9.17) is 10.9 Å². The SMILES string of the molecule is N[C@H](C(=O)NO)c1c[nH]c2ccccc12. The molecule has 5 heteroatoms. The zero-order valence-electron chi connectivity index (χ0n) is 7.90. The molecule has 0 saturated carbocycles. The maximum Gasteiger partial charge on any atom is 0.264 e. The minimum absolute atomic E-state index is 0.625. The van der Waals surface area contributed by atoms with Gasteiger partial charge in [-0.05, 0) is 6.07 Å². The molecule has 1 aromatic heterocycles. The number of amides is 1. The summed E-state index contributed by atoms with van der Waals surface area (Å²) in [6, 6.07) is 6.64. The summed E-state index contributed by atoms with van der Waals surface area (Å²) in [6.07, 6.45) is 1.67. The van der Waals surface area contributed by atoms with E-state index in [0.29, 0.717) is 5.56 Å². The molecule has 0 aliphatic heterocycles. The van der Waals surface area contributed by atoms with E-state index >= 15 is 0 Å². The van der Waals surface area contributed by atoms with Gasteiger partial charge in [0.05, 0.1) is 0 Å². The Labute approximate surface area is 85.9 Å². The lowest BCUT2D eigenvalue weighted by atomic mass is 10.1. The molecule has 1 heterocycles. The fourth-order valence-corrected chi connectivity index (χ4v) is 1.56. The fraction of sp³-hybridized carbons (Fsp3) is 0.100. The standard InChI is InChI=1S/C10H11N3O2/c11-9(10(14)13-15)7-5-12-8-4-2-1-3-6(7)8/h1-5,9,12,15H,11H2,(H,13,14)/t9-/m0/s1. The monoisotopic (exact) mass is 205 g/mol. The van der Waals surface area contributed by atoms with E-state index in [2.05, 4.69) is 4.98 Å². The van der Waals surface area contributed by atoms with Gasteiger partial charge in [0.1, 0.15) is 6.04 Å². The van der Waals surface area contributed by atoms with Crippen molar-refractivity contribution in [3.8, 4) is 0 Å². The highest BCUT2D eigenvalue weighted by molar-refractivity contribution is 5.91. The number of aromatic amines is 1. The number of H-pyrrole nitrogens is 1. The van der Waals surface area contributed by atoms with Gasteiger partial charge in [0, 0.05) is 22.7 Å². The topological polar surface area (TPSA) is 91.1 Å². The number of para-hydroxylation sites is 1. The van der Waals surface area contributed by atoms with Gasteiger partial charge in [-0.2, -0.15) is 0 Å². The highest BCUT2D eigenvalue weighted by atomic mass is 16.5. The lowest BCUT2D eigenvalue weighted by Crippen LogP contribution is -2.31. The normalized spacial score (nSPS) is 12.7. The van der Waals surface area contributed by atoms with Crippen molar-refractivity contribution in [1.29, 1.82) is 0 Å². The Morgan fingerprint density at radius 1 is 1.47 bits per heavy atom. The summed E-state index contributed by atoms with van der Waals surface area (Å²) in [5, 5.41) is 9.37. The molecule has 78 valence electrons. The molecule has 0 aliphatic rings. The number of carbonyl (C=O) groups is 1. The first-order chi connectivity index (χ1) is 7.24. The van der Waals surface area contributed by atoms with Crippen LogP contribution >= 0.6 is 0 Å². The average molecular weight is 205 g/mol. The lowest BCUT2D eigenvalue weighted by molar-refractivity contribution is -0.130. The van der Waals surface area contributed by atoms with Gasteiger partial charge in [-0.1, -0.05) is 18.2 Å². The maximum atomic E-state index is 11.2. The van der Waals surface area contributed by atoms with Gasteiger partial charge >= 0.3 is 0 Å². The Kier molecular flexibility index (Phi) is 2.40. The summed E-state index contributed by atoms with van der Waals surface area (Å²) in [6.45, 7) is 0. The lowest BCUT2D eigenvalue weighted by Gasteiger charge is -2.07. The summed E-state index contributed by atoms with van der Waals surface area (Å²) >= 11 is 0. The molecule has 0 aliphatic carbocycles. The van der Waals surface area contributed by atoms with Gasteiger partial charge in [-0.3, -0.25) is 10.0 Å². The molecule has 15 heavy (non-hydrogen) atoms. The molecular weight excluding hydrogens is 194 g/mol. The molecule has 1 amide bonds. The zero-order chi connectivity index (χ0) is 10.8. The van der Waals surface area contributed by atoms with Crippen LogP contribution in [-0.2, 0) is 4.79 Å². The van der Waals surface area contributed by atoms with Crippen LogP contribution in [0.25, 0.3) is 10.9 Å². The van der Waals surface area contributed by atoms with Crippen LogP contribution in [0.2, 0.25) is 0 Å². The number of aromatic nitrogens is 1. The van der Waals surface area contributed by atoms with Crippen LogP contribution in [0.5, 0.6) is 0 Å². The molecular formula is C10H11N3O2. The van der Waals surface area contributed by atoms with Gasteiger partial charge in [0.25, 0.3) is 5.91 Å². The first-order valence-electron chi connectivity index (χ1n) is 4.49. The predicted octanol–water partition coefficient (Wildman–Crippen LogP) is 0.673. The van der Waals surface area contributed by atoms with Crippen LogP contribution in [0.1, 0.15) is 11.6 Å². The second kappa shape index (κ2) is 3.72. The third kappa shape index (κ3) is 1.58. The number of nitrogens with one attached hydrogen (secondary N) is 2. The van der Waals surface area contributed by atoms with Crippen molar-refractivity contribution in [1.82, 2.24) is 10.5 Å². The minimum atomic E-state index is -0.869. The van der Waals surface area contributed by atoms with Gasteiger partial charge < -0.3 is 10.7 Å². The number of fused-ring (bicyclic) bond motifs is 1. The molecule has 0 spiro atoms. The largest absolute Gasteiger partial charge is 0.361 e. The van der Waals surface area contributed by atoms with Gasteiger partial charge in [0.2, 0.25) is 0 Å². The third-order valence-electron chi connectivity index (χ3n) is 2.35. The molecule has 5 nitrogen and oxygen atoms in total. The van der Waals surface area contributed by atoms with Crippen molar-refractivity contribution in [2.75, 3.05) is 0 Å². The Bertz CT molecular complexity index is 492. The van der Waals surface area contributed by atoms with E-state index in [0.717, 1.165) is 10.9 Å². The average Bonchev–Trinajstić information content (AvgIpc) is 2.70. The Morgan fingerprint density at radius 2 is 2.20 bits per heavy atom. The fourth-order valence-electron chi connectivity index (χ4n) is 1.56. The Hall–Kier alpha value is -1.85.